The maximum Gasteiger partial charge on any atom is 0.336 e. The highest BCUT2D eigenvalue weighted by molar-refractivity contribution is 5.91. The van der Waals surface area contributed by atoms with Gasteiger partial charge in [0.05, 0.1) is 5.56 Å². The highest BCUT2D eigenvalue weighted by atomic mass is 16.4. The molecule has 96 valence electrons. The van der Waals surface area contributed by atoms with Gasteiger partial charge in [0.25, 0.3) is 0 Å². The molecular weight excluding hydrogens is 226 g/mol. The average Bonchev–Trinajstić information content (AvgIpc) is 2.33. The van der Waals surface area contributed by atoms with Gasteiger partial charge in [0.15, 0.2) is 0 Å². The number of carboxylic acids is 1. The zero-order chi connectivity index (χ0) is 12.5. The number of benzene rings is 1. The fourth-order valence-corrected chi connectivity index (χ4v) is 3.08. The molecule has 1 aromatic carbocycles. The van der Waals surface area contributed by atoms with Gasteiger partial charge in [0.1, 0.15) is 0 Å². The van der Waals surface area contributed by atoms with Gasteiger partial charge >= 0.3 is 5.97 Å². The molecule has 0 aromatic heterocycles. The molecule has 1 aliphatic heterocycles. The zero-order valence-electron chi connectivity index (χ0n) is 10.6. The Bertz CT molecular complexity index is 466. The van der Waals surface area contributed by atoms with Gasteiger partial charge in [-0.05, 0) is 49.3 Å². The largest absolute Gasteiger partial charge is 0.478 e. The molecule has 1 heterocycles. The van der Waals surface area contributed by atoms with Crippen LogP contribution in [0.5, 0.6) is 0 Å². The fraction of sp³-hybridized carbons (Fsp3) is 0.533. The monoisotopic (exact) mass is 245 g/mol. The summed E-state index contributed by atoms with van der Waals surface area (Å²) in [7, 11) is 0. The number of aromatic carboxylic acids is 1. The Labute approximate surface area is 107 Å². The first-order valence-corrected chi connectivity index (χ1v) is 6.86. The topological polar surface area (TPSA) is 40.5 Å². The third-order valence-corrected chi connectivity index (χ3v) is 4.28. The summed E-state index contributed by atoms with van der Waals surface area (Å²) in [5, 5.41) is 9.25. The minimum Gasteiger partial charge on any atom is -0.478 e. The van der Waals surface area contributed by atoms with E-state index in [1.165, 1.54) is 19.3 Å². The second-order valence-electron chi connectivity index (χ2n) is 5.45. The lowest BCUT2D eigenvalue weighted by Gasteiger charge is -2.37. The lowest BCUT2D eigenvalue weighted by atomic mass is 9.84. The van der Waals surface area contributed by atoms with Crippen molar-refractivity contribution in [2.75, 3.05) is 18.0 Å². The Morgan fingerprint density at radius 2 is 2.17 bits per heavy atom. The van der Waals surface area contributed by atoms with Gasteiger partial charge in [0, 0.05) is 18.8 Å². The van der Waals surface area contributed by atoms with E-state index >= 15 is 0 Å². The molecule has 3 nitrogen and oxygen atoms in total. The first-order valence-electron chi connectivity index (χ1n) is 6.86. The van der Waals surface area contributed by atoms with E-state index in [1.54, 1.807) is 6.07 Å². The summed E-state index contributed by atoms with van der Waals surface area (Å²) in [6.07, 6.45) is 6.01. The molecule has 18 heavy (non-hydrogen) atoms. The van der Waals surface area contributed by atoms with Crippen molar-refractivity contribution in [3.63, 3.8) is 0 Å². The molecule has 0 bridgehead atoms. The SMILES string of the molecule is O=C(O)c1cccc2c1CCCN2CC1CCC1. The predicted molar refractivity (Wildman–Crippen MR) is 71.3 cm³/mol. The maximum absolute atomic E-state index is 11.3. The molecule has 0 amide bonds. The molecule has 0 atom stereocenters. The van der Waals surface area contributed by atoms with Crippen molar-refractivity contribution in [3.8, 4) is 0 Å². The van der Waals surface area contributed by atoms with Gasteiger partial charge < -0.3 is 10.0 Å². The van der Waals surface area contributed by atoms with Crippen LogP contribution in [0, 0.1) is 5.92 Å². The molecule has 0 spiro atoms. The van der Waals surface area contributed by atoms with E-state index in [-0.39, 0.29) is 0 Å². The van der Waals surface area contributed by atoms with Crippen LogP contribution in [-0.4, -0.2) is 24.2 Å². The first-order chi connectivity index (χ1) is 8.75. The lowest BCUT2D eigenvalue weighted by Crippen LogP contribution is -2.36. The van der Waals surface area contributed by atoms with Crippen molar-refractivity contribution >= 4 is 11.7 Å². The minimum absolute atomic E-state index is 0.491. The fourth-order valence-electron chi connectivity index (χ4n) is 3.08. The minimum atomic E-state index is -0.794. The van der Waals surface area contributed by atoms with Gasteiger partial charge in [-0.15, -0.1) is 0 Å². The average molecular weight is 245 g/mol. The van der Waals surface area contributed by atoms with Gasteiger partial charge in [-0.3, -0.25) is 0 Å². The van der Waals surface area contributed by atoms with Crippen LogP contribution in [-0.2, 0) is 6.42 Å². The van der Waals surface area contributed by atoms with Gasteiger partial charge in [-0.25, -0.2) is 4.79 Å². The smallest absolute Gasteiger partial charge is 0.336 e. The molecule has 0 radical (unpaired) electrons. The molecule has 2 aliphatic rings. The normalized spacial score (nSPS) is 19.2. The Morgan fingerprint density at radius 3 is 2.83 bits per heavy atom. The number of carboxylic acid groups (broad SMARTS) is 1. The number of hydrogen-bond acceptors (Lipinski definition) is 2. The summed E-state index contributed by atoms with van der Waals surface area (Å²) in [6, 6.07) is 5.69. The standard InChI is InChI=1S/C15H19NO2/c17-15(18)13-6-2-8-14-12(13)7-3-9-16(14)10-11-4-1-5-11/h2,6,8,11H,1,3-5,7,9-10H2,(H,17,18). The summed E-state index contributed by atoms with van der Waals surface area (Å²) >= 11 is 0. The highest BCUT2D eigenvalue weighted by Crippen LogP contribution is 2.34. The number of hydrogen-bond donors (Lipinski definition) is 1. The van der Waals surface area contributed by atoms with E-state index in [9.17, 15) is 9.90 Å². The summed E-state index contributed by atoms with van der Waals surface area (Å²) in [5.74, 6) is 0.0294. The third kappa shape index (κ3) is 1.98. The van der Waals surface area contributed by atoms with Crippen LogP contribution in [0.4, 0.5) is 5.69 Å². The van der Waals surface area contributed by atoms with E-state index in [2.05, 4.69) is 11.0 Å². The van der Waals surface area contributed by atoms with E-state index in [0.29, 0.717) is 5.56 Å². The number of anilines is 1. The van der Waals surface area contributed by atoms with Gasteiger partial charge in [-0.1, -0.05) is 12.5 Å². The van der Waals surface area contributed by atoms with E-state index in [1.807, 2.05) is 6.07 Å². The second kappa shape index (κ2) is 4.63. The molecular formula is C15H19NO2. The van der Waals surface area contributed by atoms with Crippen molar-refractivity contribution in [3.05, 3.63) is 29.3 Å². The van der Waals surface area contributed by atoms with Crippen LogP contribution in [0.3, 0.4) is 0 Å². The van der Waals surface area contributed by atoms with Gasteiger partial charge in [0.2, 0.25) is 0 Å². The summed E-state index contributed by atoms with van der Waals surface area (Å²) in [5.41, 5.74) is 2.69. The summed E-state index contributed by atoms with van der Waals surface area (Å²) in [6.45, 7) is 2.18. The molecule has 1 fully saturated rings. The molecule has 1 N–H and O–H groups in total. The number of rotatable bonds is 3. The Morgan fingerprint density at radius 1 is 1.33 bits per heavy atom. The van der Waals surface area contributed by atoms with Crippen molar-refractivity contribution in [2.45, 2.75) is 32.1 Å². The molecule has 3 heteroatoms. The maximum atomic E-state index is 11.3. The van der Waals surface area contributed by atoms with Crippen LogP contribution >= 0.6 is 0 Å². The molecule has 1 aliphatic carbocycles. The van der Waals surface area contributed by atoms with Crippen molar-refractivity contribution < 1.29 is 9.90 Å². The van der Waals surface area contributed by atoms with Crippen molar-refractivity contribution in [2.24, 2.45) is 5.92 Å². The number of fused-ring (bicyclic) bond motifs is 1. The van der Waals surface area contributed by atoms with Crippen LogP contribution in [0.25, 0.3) is 0 Å². The van der Waals surface area contributed by atoms with Gasteiger partial charge in [-0.2, -0.15) is 0 Å². The Kier molecular flexibility index (Phi) is 2.98. The van der Waals surface area contributed by atoms with Crippen LogP contribution in [0.15, 0.2) is 18.2 Å². The van der Waals surface area contributed by atoms with E-state index in [0.717, 1.165) is 43.1 Å². The molecule has 3 rings (SSSR count). The molecule has 0 saturated heterocycles. The van der Waals surface area contributed by atoms with Crippen LogP contribution in [0.1, 0.15) is 41.6 Å². The van der Waals surface area contributed by atoms with Crippen molar-refractivity contribution in [1.82, 2.24) is 0 Å². The first kappa shape index (κ1) is 11.6. The second-order valence-corrected chi connectivity index (χ2v) is 5.45. The number of carbonyl (C=O) groups is 1. The third-order valence-electron chi connectivity index (χ3n) is 4.28. The summed E-state index contributed by atoms with van der Waals surface area (Å²) in [4.78, 5) is 13.6. The lowest BCUT2D eigenvalue weighted by molar-refractivity contribution is 0.0695. The van der Waals surface area contributed by atoms with Crippen LogP contribution in [0.2, 0.25) is 0 Å². The predicted octanol–water partition coefficient (Wildman–Crippen LogP) is 2.94. The Balaban J connectivity index is 1.89. The quantitative estimate of drug-likeness (QED) is 0.890. The Hall–Kier alpha value is -1.51. The van der Waals surface area contributed by atoms with E-state index in [4.69, 9.17) is 0 Å². The van der Waals surface area contributed by atoms with Crippen LogP contribution < -0.4 is 4.90 Å². The zero-order valence-corrected chi connectivity index (χ0v) is 10.6. The van der Waals surface area contributed by atoms with Crippen molar-refractivity contribution in [1.29, 1.82) is 0 Å². The summed E-state index contributed by atoms with van der Waals surface area (Å²) < 4.78 is 0. The highest BCUT2D eigenvalue weighted by Gasteiger charge is 2.26. The molecule has 1 saturated carbocycles. The van der Waals surface area contributed by atoms with E-state index < -0.39 is 5.97 Å². The number of nitrogens with zero attached hydrogens (tertiary/aromatic N) is 1. The molecule has 1 aromatic rings. The molecule has 0 unspecified atom stereocenters.